The average Bonchev–Trinajstić information content (AvgIpc) is 3.01. The van der Waals surface area contributed by atoms with Gasteiger partial charge in [-0.1, -0.05) is 77.0 Å². The second-order valence-electron chi connectivity index (χ2n) is 7.85. The van der Waals surface area contributed by atoms with Crippen LogP contribution in [0.15, 0.2) is 30.5 Å². The van der Waals surface area contributed by atoms with Gasteiger partial charge in [0, 0.05) is 36.6 Å². The Bertz CT molecular complexity index is 689. The van der Waals surface area contributed by atoms with Crippen LogP contribution in [0.25, 0.3) is 10.9 Å². The number of carbonyl (C=O) groups is 1. The molecule has 0 spiro atoms. The molecule has 1 heterocycles. The quantitative estimate of drug-likeness (QED) is 0.416. The van der Waals surface area contributed by atoms with Gasteiger partial charge >= 0.3 is 0 Å². The minimum Gasteiger partial charge on any atom is -0.353 e. The lowest BCUT2D eigenvalue weighted by atomic mass is 10.0. The van der Waals surface area contributed by atoms with E-state index in [9.17, 15) is 4.79 Å². The third-order valence-electron chi connectivity index (χ3n) is 5.49. The number of fused-ring (bicyclic) bond motifs is 1. The fourth-order valence-electron chi connectivity index (χ4n) is 3.94. The van der Waals surface area contributed by atoms with Crippen molar-refractivity contribution >= 4 is 16.8 Å². The Morgan fingerprint density at radius 2 is 1.67 bits per heavy atom. The topological polar surface area (TPSA) is 34.0 Å². The SMILES string of the molecule is CCCCCCCCCCn1cc(C[C@@H](CC)NC(C)=O)c2ccccc21. The maximum absolute atomic E-state index is 11.4. The number of nitrogens with one attached hydrogen (secondary N) is 1. The number of para-hydroxylation sites is 1. The number of hydrogen-bond donors (Lipinski definition) is 1. The zero-order chi connectivity index (χ0) is 19.5. The summed E-state index contributed by atoms with van der Waals surface area (Å²) in [6.07, 6.45) is 15.0. The molecule has 27 heavy (non-hydrogen) atoms. The van der Waals surface area contributed by atoms with Crippen molar-refractivity contribution in [2.45, 2.75) is 97.6 Å². The Labute approximate surface area is 165 Å². The van der Waals surface area contributed by atoms with Gasteiger partial charge in [-0.25, -0.2) is 0 Å². The van der Waals surface area contributed by atoms with Gasteiger partial charge in [0.2, 0.25) is 5.91 Å². The molecule has 0 unspecified atom stereocenters. The van der Waals surface area contributed by atoms with Crippen molar-refractivity contribution in [3.05, 3.63) is 36.0 Å². The Morgan fingerprint density at radius 1 is 1.00 bits per heavy atom. The van der Waals surface area contributed by atoms with Gasteiger partial charge < -0.3 is 9.88 Å². The van der Waals surface area contributed by atoms with E-state index in [-0.39, 0.29) is 11.9 Å². The van der Waals surface area contributed by atoms with Crippen molar-refractivity contribution in [1.29, 1.82) is 0 Å². The van der Waals surface area contributed by atoms with Crippen molar-refractivity contribution in [1.82, 2.24) is 9.88 Å². The van der Waals surface area contributed by atoms with Crippen molar-refractivity contribution in [2.75, 3.05) is 0 Å². The Morgan fingerprint density at radius 3 is 2.33 bits per heavy atom. The Kier molecular flexibility index (Phi) is 9.44. The lowest BCUT2D eigenvalue weighted by molar-refractivity contribution is -0.119. The number of aromatic nitrogens is 1. The molecule has 0 saturated carbocycles. The van der Waals surface area contributed by atoms with Crippen LogP contribution in [0, 0.1) is 0 Å². The molecule has 2 aromatic rings. The Balaban J connectivity index is 1.92. The second kappa shape index (κ2) is 11.8. The summed E-state index contributed by atoms with van der Waals surface area (Å²) in [5.41, 5.74) is 2.68. The van der Waals surface area contributed by atoms with Gasteiger partial charge in [0.05, 0.1) is 0 Å². The fraction of sp³-hybridized carbons (Fsp3) is 0.625. The first-order valence-electron chi connectivity index (χ1n) is 11.0. The molecule has 0 bridgehead atoms. The molecule has 2 rings (SSSR count). The molecular formula is C24H38N2O. The first-order chi connectivity index (χ1) is 13.2. The molecule has 0 aliphatic carbocycles. The van der Waals surface area contributed by atoms with Crippen LogP contribution in [0.5, 0.6) is 0 Å². The molecule has 3 heteroatoms. The van der Waals surface area contributed by atoms with Gasteiger partial charge in [-0.15, -0.1) is 0 Å². The zero-order valence-electron chi connectivity index (χ0n) is 17.6. The van der Waals surface area contributed by atoms with Gasteiger partial charge in [-0.05, 0) is 30.9 Å². The van der Waals surface area contributed by atoms with Crippen LogP contribution in [0.2, 0.25) is 0 Å². The van der Waals surface area contributed by atoms with Crippen LogP contribution < -0.4 is 5.32 Å². The number of hydrogen-bond acceptors (Lipinski definition) is 1. The van der Waals surface area contributed by atoms with E-state index >= 15 is 0 Å². The van der Waals surface area contributed by atoms with Crippen LogP contribution >= 0.6 is 0 Å². The summed E-state index contributed by atoms with van der Waals surface area (Å²) in [6, 6.07) is 8.90. The van der Waals surface area contributed by atoms with Crippen LogP contribution in [0.4, 0.5) is 0 Å². The number of aryl methyl sites for hydroxylation is 1. The first-order valence-corrected chi connectivity index (χ1v) is 11.0. The van der Waals surface area contributed by atoms with E-state index in [0.717, 1.165) is 19.4 Å². The maximum atomic E-state index is 11.4. The largest absolute Gasteiger partial charge is 0.353 e. The molecule has 1 atom stereocenters. The highest BCUT2D eigenvalue weighted by atomic mass is 16.1. The van der Waals surface area contributed by atoms with Crippen molar-refractivity contribution < 1.29 is 4.79 Å². The third-order valence-corrected chi connectivity index (χ3v) is 5.49. The highest BCUT2D eigenvalue weighted by molar-refractivity contribution is 5.84. The van der Waals surface area contributed by atoms with Crippen LogP contribution in [-0.4, -0.2) is 16.5 Å². The number of amides is 1. The zero-order valence-corrected chi connectivity index (χ0v) is 17.6. The van der Waals surface area contributed by atoms with Crippen LogP contribution in [-0.2, 0) is 17.8 Å². The minimum absolute atomic E-state index is 0.0597. The number of benzene rings is 1. The standard InChI is InChI=1S/C24H38N2O/c1-4-6-7-8-9-10-11-14-17-26-19-21(18-22(5-2)25-20(3)27)23-15-12-13-16-24(23)26/h12-13,15-16,19,22H,4-11,14,17-18H2,1-3H3,(H,25,27)/t22-/m1/s1. The molecule has 0 saturated heterocycles. The van der Waals surface area contributed by atoms with E-state index in [4.69, 9.17) is 0 Å². The number of rotatable bonds is 13. The van der Waals surface area contributed by atoms with E-state index < -0.39 is 0 Å². The lowest BCUT2D eigenvalue weighted by Crippen LogP contribution is -2.34. The predicted molar refractivity (Wildman–Crippen MR) is 116 cm³/mol. The van der Waals surface area contributed by atoms with E-state index in [1.165, 1.54) is 67.8 Å². The highest BCUT2D eigenvalue weighted by Crippen LogP contribution is 2.24. The first kappa shape index (κ1) is 21.5. The predicted octanol–water partition coefficient (Wildman–Crippen LogP) is 6.24. The normalized spacial score (nSPS) is 12.4. The van der Waals surface area contributed by atoms with Gasteiger partial charge in [0.25, 0.3) is 0 Å². The summed E-state index contributed by atoms with van der Waals surface area (Å²) in [7, 11) is 0. The molecular weight excluding hydrogens is 332 g/mol. The summed E-state index contributed by atoms with van der Waals surface area (Å²) in [5.74, 6) is 0.0597. The van der Waals surface area contributed by atoms with E-state index in [2.05, 4.69) is 54.2 Å². The molecule has 1 aromatic carbocycles. The molecule has 0 aliphatic rings. The van der Waals surface area contributed by atoms with Crippen LogP contribution in [0.1, 0.15) is 84.1 Å². The molecule has 0 fully saturated rings. The van der Waals surface area contributed by atoms with Crippen molar-refractivity contribution in [3.8, 4) is 0 Å². The molecule has 1 aromatic heterocycles. The van der Waals surface area contributed by atoms with E-state index in [1.54, 1.807) is 6.92 Å². The van der Waals surface area contributed by atoms with Crippen LogP contribution in [0.3, 0.4) is 0 Å². The maximum Gasteiger partial charge on any atom is 0.217 e. The highest BCUT2D eigenvalue weighted by Gasteiger charge is 2.14. The van der Waals surface area contributed by atoms with Gasteiger partial charge in [0.15, 0.2) is 0 Å². The van der Waals surface area contributed by atoms with E-state index in [0.29, 0.717) is 0 Å². The smallest absolute Gasteiger partial charge is 0.217 e. The number of nitrogens with zero attached hydrogens (tertiary/aromatic N) is 1. The Hall–Kier alpha value is -1.77. The summed E-state index contributed by atoms with van der Waals surface area (Å²) in [6.45, 7) is 7.11. The molecule has 3 nitrogen and oxygen atoms in total. The molecule has 1 N–H and O–H groups in total. The second-order valence-corrected chi connectivity index (χ2v) is 7.85. The lowest BCUT2D eigenvalue weighted by Gasteiger charge is -2.15. The van der Waals surface area contributed by atoms with Gasteiger partial charge in [-0.2, -0.15) is 0 Å². The number of unbranched alkanes of at least 4 members (excludes halogenated alkanes) is 7. The van der Waals surface area contributed by atoms with Gasteiger partial charge in [-0.3, -0.25) is 4.79 Å². The average molecular weight is 371 g/mol. The number of carbonyl (C=O) groups excluding carboxylic acids is 1. The fourth-order valence-corrected chi connectivity index (χ4v) is 3.94. The summed E-state index contributed by atoms with van der Waals surface area (Å²) < 4.78 is 2.42. The van der Waals surface area contributed by atoms with Gasteiger partial charge in [0.1, 0.15) is 0 Å². The third kappa shape index (κ3) is 7.04. The monoisotopic (exact) mass is 370 g/mol. The summed E-state index contributed by atoms with van der Waals surface area (Å²) >= 11 is 0. The summed E-state index contributed by atoms with van der Waals surface area (Å²) in [4.78, 5) is 11.4. The molecule has 0 aliphatic heterocycles. The summed E-state index contributed by atoms with van der Waals surface area (Å²) in [5, 5.41) is 4.42. The molecule has 150 valence electrons. The van der Waals surface area contributed by atoms with Crippen molar-refractivity contribution in [2.24, 2.45) is 0 Å². The van der Waals surface area contributed by atoms with E-state index in [1.807, 2.05) is 0 Å². The minimum atomic E-state index is 0.0597. The molecule has 0 radical (unpaired) electrons. The molecule has 1 amide bonds. The van der Waals surface area contributed by atoms with Crippen molar-refractivity contribution in [3.63, 3.8) is 0 Å².